The zero-order valence-corrected chi connectivity index (χ0v) is 19.7. The number of nitrogens with one attached hydrogen (secondary N) is 1. The van der Waals surface area contributed by atoms with E-state index >= 15 is 0 Å². The van der Waals surface area contributed by atoms with Gasteiger partial charge < -0.3 is 19.5 Å². The molecule has 0 saturated carbocycles. The number of nitrogens with zero attached hydrogens (tertiary/aromatic N) is 5. The van der Waals surface area contributed by atoms with Crippen molar-refractivity contribution >= 4 is 22.9 Å². The fourth-order valence-corrected chi connectivity index (χ4v) is 4.37. The van der Waals surface area contributed by atoms with Gasteiger partial charge in [0.25, 0.3) is 11.8 Å². The van der Waals surface area contributed by atoms with Crippen molar-refractivity contribution in [3.8, 4) is 22.8 Å². The normalized spacial score (nSPS) is 13.8. The number of imidazole rings is 1. The molecule has 5 aromatic rings. The van der Waals surface area contributed by atoms with E-state index in [1.54, 1.807) is 10.6 Å². The maximum absolute atomic E-state index is 13.0. The van der Waals surface area contributed by atoms with E-state index in [1.165, 1.54) is 0 Å². The Morgan fingerprint density at radius 2 is 1.86 bits per heavy atom. The van der Waals surface area contributed by atoms with Crippen LogP contribution in [0, 0.1) is 6.92 Å². The first kappa shape index (κ1) is 22.0. The largest absolute Gasteiger partial charge is 0.378 e. The summed E-state index contributed by atoms with van der Waals surface area (Å²) in [7, 11) is 0. The number of amides is 1. The van der Waals surface area contributed by atoms with E-state index in [1.807, 2.05) is 67.7 Å². The third kappa shape index (κ3) is 4.09. The minimum absolute atomic E-state index is 0.248. The van der Waals surface area contributed by atoms with Gasteiger partial charge in [0.2, 0.25) is 5.82 Å². The molecule has 0 bridgehead atoms. The molecular formula is C27H24N6O3. The molecule has 9 heteroatoms. The number of hydrogen-bond donors (Lipinski definition) is 1. The maximum Gasteiger partial charge on any atom is 0.274 e. The van der Waals surface area contributed by atoms with E-state index in [-0.39, 0.29) is 5.91 Å². The minimum Gasteiger partial charge on any atom is -0.378 e. The molecule has 0 spiro atoms. The van der Waals surface area contributed by atoms with E-state index < -0.39 is 0 Å². The van der Waals surface area contributed by atoms with Gasteiger partial charge in [-0.25, -0.2) is 4.98 Å². The van der Waals surface area contributed by atoms with E-state index in [0.717, 1.165) is 35.5 Å². The van der Waals surface area contributed by atoms with Crippen LogP contribution in [0.25, 0.3) is 28.5 Å². The van der Waals surface area contributed by atoms with Gasteiger partial charge in [-0.3, -0.25) is 9.20 Å². The molecule has 6 rings (SSSR count). The highest BCUT2D eigenvalue weighted by molar-refractivity contribution is 6.04. The lowest BCUT2D eigenvalue weighted by Crippen LogP contribution is -2.36. The molecule has 1 saturated heterocycles. The van der Waals surface area contributed by atoms with Crippen LogP contribution in [0.3, 0.4) is 0 Å². The monoisotopic (exact) mass is 480 g/mol. The van der Waals surface area contributed by atoms with Crippen LogP contribution in [0.15, 0.2) is 77.6 Å². The second kappa shape index (κ2) is 9.27. The first-order valence-corrected chi connectivity index (χ1v) is 11.8. The molecule has 9 nitrogen and oxygen atoms in total. The summed E-state index contributed by atoms with van der Waals surface area (Å²) in [5.74, 6) is 0.651. The third-order valence-corrected chi connectivity index (χ3v) is 6.31. The Morgan fingerprint density at radius 1 is 1.03 bits per heavy atom. The lowest BCUT2D eigenvalue weighted by atomic mass is 10.1. The van der Waals surface area contributed by atoms with Crippen molar-refractivity contribution in [1.29, 1.82) is 0 Å². The molecule has 0 atom stereocenters. The number of aromatic nitrogens is 4. The Balaban J connectivity index is 1.28. The molecule has 1 aliphatic rings. The highest BCUT2D eigenvalue weighted by atomic mass is 16.5. The Morgan fingerprint density at radius 3 is 2.75 bits per heavy atom. The summed E-state index contributed by atoms with van der Waals surface area (Å²) < 4.78 is 12.9. The third-order valence-electron chi connectivity index (χ3n) is 6.31. The number of anilines is 2. The fraction of sp³-hybridized carbons (Fsp3) is 0.185. The predicted octanol–water partition coefficient (Wildman–Crippen LogP) is 4.45. The number of carbonyl (C=O) groups excluding carboxylic acids is 1. The standard InChI is InChI=1S/C27H24N6O3/c1-18-9-10-19(16-21(18)29-26(34)23-17-28-24-8-4-5-11-33(23)24)25-30-27(36-31-25)20-6-2-3-7-22(20)32-12-14-35-15-13-32/h2-11,16-17H,12-15H2,1H3,(H,29,34). The summed E-state index contributed by atoms with van der Waals surface area (Å²) in [6, 6.07) is 19.3. The van der Waals surface area contributed by atoms with Gasteiger partial charge in [-0.2, -0.15) is 4.98 Å². The van der Waals surface area contributed by atoms with Crippen molar-refractivity contribution < 1.29 is 14.1 Å². The smallest absolute Gasteiger partial charge is 0.274 e. The van der Waals surface area contributed by atoms with Crippen LogP contribution in [0.5, 0.6) is 0 Å². The van der Waals surface area contributed by atoms with Gasteiger partial charge in [0, 0.05) is 36.2 Å². The van der Waals surface area contributed by atoms with Crippen molar-refractivity contribution in [2.75, 3.05) is 36.5 Å². The second-order valence-electron chi connectivity index (χ2n) is 8.60. The van der Waals surface area contributed by atoms with Crippen molar-refractivity contribution in [1.82, 2.24) is 19.5 Å². The molecule has 0 unspecified atom stereocenters. The summed E-state index contributed by atoms with van der Waals surface area (Å²) >= 11 is 0. The molecular weight excluding hydrogens is 456 g/mol. The number of rotatable bonds is 5. The minimum atomic E-state index is -0.248. The summed E-state index contributed by atoms with van der Waals surface area (Å²) in [4.78, 5) is 24.3. The van der Waals surface area contributed by atoms with Gasteiger partial charge in [-0.05, 0) is 42.8 Å². The number of carbonyl (C=O) groups is 1. The van der Waals surface area contributed by atoms with Gasteiger partial charge in [-0.1, -0.05) is 35.5 Å². The van der Waals surface area contributed by atoms with E-state index in [4.69, 9.17) is 9.26 Å². The van der Waals surface area contributed by atoms with Crippen LogP contribution in [0.1, 0.15) is 16.1 Å². The maximum atomic E-state index is 13.0. The summed E-state index contributed by atoms with van der Waals surface area (Å²) in [5, 5.41) is 7.23. The number of para-hydroxylation sites is 1. The van der Waals surface area contributed by atoms with Crippen molar-refractivity contribution in [3.63, 3.8) is 0 Å². The molecule has 1 fully saturated rings. The molecule has 1 N–H and O–H groups in total. The second-order valence-corrected chi connectivity index (χ2v) is 8.60. The van der Waals surface area contributed by atoms with Crippen molar-refractivity contribution in [3.05, 3.63) is 84.3 Å². The van der Waals surface area contributed by atoms with Crippen LogP contribution in [0.2, 0.25) is 0 Å². The van der Waals surface area contributed by atoms with Crippen LogP contribution in [-0.4, -0.2) is 51.7 Å². The van der Waals surface area contributed by atoms with E-state index in [9.17, 15) is 4.79 Å². The lowest BCUT2D eigenvalue weighted by Gasteiger charge is -2.29. The van der Waals surface area contributed by atoms with Crippen molar-refractivity contribution in [2.45, 2.75) is 6.92 Å². The highest BCUT2D eigenvalue weighted by Crippen LogP contribution is 2.32. The molecule has 4 heterocycles. The zero-order valence-electron chi connectivity index (χ0n) is 19.7. The van der Waals surface area contributed by atoms with Crippen molar-refractivity contribution in [2.24, 2.45) is 0 Å². The fourth-order valence-electron chi connectivity index (χ4n) is 4.37. The number of fused-ring (bicyclic) bond motifs is 1. The molecule has 180 valence electrons. The molecule has 0 aliphatic carbocycles. The lowest BCUT2D eigenvalue weighted by molar-refractivity contribution is 0.102. The van der Waals surface area contributed by atoms with Gasteiger partial charge in [0.15, 0.2) is 0 Å². The Labute approximate surface area is 207 Å². The summed E-state index contributed by atoms with van der Waals surface area (Å²) in [6.07, 6.45) is 3.39. The number of aryl methyl sites for hydroxylation is 1. The Hall–Kier alpha value is -4.50. The molecule has 1 amide bonds. The Bertz CT molecular complexity index is 1550. The van der Waals surface area contributed by atoms with Gasteiger partial charge >= 0.3 is 0 Å². The number of ether oxygens (including phenoxy) is 1. The quantitative estimate of drug-likeness (QED) is 0.397. The molecule has 1 aliphatic heterocycles. The first-order chi connectivity index (χ1) is 17.7. The van der Waals surface area contributed by atoms with Gasteiger partial charge in [-0.15, -0.1) is 0 Å². The van der Waals surface area contributed by atoms with Gasteiger partial charge in [0.05, 0.1) is 25.0 Å². The van der Waals surface area contributed by atoms with Gasteiger partial charge in [0.1, 0.15) is 11.3 Å². The Kier molecular flexibility index (Phi) is 5.67. The summed E-state index contributed by atoms with van der Waals surface area (Å²) in [5.41, 5.74) is 5.42. The zero-order chi connectivity index (χ0) is 24.5. The first-order valence-electron chi connectivity index (χ1n) is 11.8. The van der Waals surface area contributed by atoms with E-state index in [2.05, 4.69) is 31.4 Å². The molecule has 36 heavy (non-hydrogen) atoms. The number of hydrogen-bond acceptors (Lipinski definition) is 7. The average Bonchev–Trinajstić information content (AvgIpc) is 3.58. The number of pyridine rings is 1. The molecule has 2 aromatic carbocycles. The topological polar surface area (TPSA) is 97.8 Å². The SMILES string of the molecule is Cc1ccc(-c2noc(-c3ccccc3N3CCOCC3)n2)cc1NC(=O)c1cnc2ccccn12. The average molecular weight is 481 g/mol. The highest BCUT2D eigenvalue weighted by Gasteiger charge is 2.20. The predicted molar refractivity (Wildman–Crippen MR) is 136 cm³/mol. The molecule has 0 radical (unpaired) electrons. The summed E-state index contributed by atoms with van der Waals surface area (Å²) in [6.45, 7) is 4.94. The number of morpholine rings is 1. The van der Waals surface area contributed by atoms with E-state index in [0.29, 0.717) is 42.0 Å². The van der Waals surface area contributed by atoms with Crippen LogP contribution in [-0.2, 0) is 4.74 Å². The number of benzene rings is 2. The van der Waals surface area contributed by atoms with Crippen LogP contribution >= 0.6 is 0 Å². The molecule has 3 aromatic heterocycles. The van der Waals surface area contributed by atoms with Crippen LogP contribution in [0.4, 0.5) is 11.4 Å². The van der Waals surface area contributed by atoms with Crippen LogP contribution < -0.4 is 10.2 Å².